The minimum absolute atomic E-state index is 0.210. The van der Waals surface area contributed by atoms with Crippen molar-refractivity contribution in [3.8, 4) is 0 Å². The quantitative estimate of drug-likeness (QED) is 0.336. The molecule has 1 unspecified atom stereocenters. The van der Waals surface area contributed by atoms with Crippen molar-refractivity contribution < 1.29 is 19.1 Å². The summed E-state index contributed by atoms with van der Waals surface area (Å²) in [7, 11) is 1.91. The average Bonchev–Trinajstić information content (AvgIpc) is 2.28. The van der Waals surface area contributed by atoms with Crippen molar-refractivity contribution in [2.45, 2.75) is 13.5 Å². The number of allylic oxidation sites excluding steroid dienone is 1. The van der Waals surface area contributed by atoms with Gasteiger partial charge in [-0.2, -0.15) is 0 Å². The van der Waals surface area contributed by atoms with E-state index in [1.807, 2.05) is 37.4 Å². The predicted octanol–water partition coefficient (Wildman–Crippen LogP) is 0.782. The fourth-order valence-corrected chi connectivity index (χ4v) is 2.41. The standard InChI is InChI=1S/C14H17NO3/c1-11(16)13-14(17)18-9-8-15(13,2)10-12-6-4-3-5-7-12/h3-7H,8-10H2,1-2H3. The third-order valence-electron chi connectivity index (χ3n) is 3.26. The molecule has 1 aliphatic heterocycles. The third kappa shape index (κ3) is 2.38. The Labute approximate surface area is 107 Å². The summed E-state index contributed by atoms with van der Waals surface area (Å²) in [6.07, 6.45) is 0. The highest BCUT2D eigenvalue weighted by Crippen LogP contribution is 2.25. The second-order valence-corrected chi connectivity index (χ2v) is 4.80. The van der Waals surface area contributed by atoms with Crippen LogP contribution in [0.3, 0.4) is 0 Å². The highest BCUT2D eigenvalue weighted by molar-refractivity contribution is 5.86. The molecule has 1 heterocycles. The first-order valence-corrected chi connectivity index (χ1v) is 5.97. The predicted molar refractivity (Wildman–Crippen MR) is 64.9 cm³/mol. The van der Waals surface area contributed by atoms with Gasteiger partial charge in [0.1, 0.15) is 19.7 Å². The summed E-state index contributed by atoms with van der Waals surface area (Å²) in [4.78, 5) is 11.7. The van der Waals surface area contributed by atoms with Crippen molar-refractivity contribution in [2.24, 2.45) is 0 Å². The maximum absolute atomic E-state index is 11.7. The number of hydrogen-bond donors (Lipinski definition) is 0. The maximum atomic E-state index is 11.7. The van der Waals surface area contributed by atoms with Gasteiger partial charge < -0.3 is 9.84 Å². The first-order chi connectivity index (χ1) is 8.53. The van der Waals surface area contributed by atoms with E-state index in [2.05, 4.69) is 0 Å². The van der Waals surface area contributed by atoms with Crippen LogP contribution in [0.1, 0.15) is 12.5 Å². The van der Waals surface area contributed by atoms with E-state index in [1.54, 1.807) is 0 Å². The van der Waals surface area contributed by atoms with Gasteiger partial charge in [-0.1, -0.05) is 36.1 Å². The summed E-state index contributed by atoms with van der Waals surface area (Å²) in [6, 6.07) is 9.86. The molecule has 96 valence electrons. The summed E-state index contributed by atoms with van der Waals surface area (Å²) in [5.41, 5.74) is 1.35. The highest BCUT2D eigenvalue weighted by Gasteiger charge is 2.38. The first-order valence-electron chi connectivity index (χ1n) is 5.97. The monoisotopic (exact) mass is 247 g/mol. The minimum Gasteiger partial charge on any atom is -0.871 e. The summed E-state index contributed by atoms with van der Waals surface area (Å²) in [6.45, 7) is 3.04. The van der Waals surface area contributed by atoms with Crippen LogP contribution in [0.5, 0.6) is 0 Å². The lowest BCUT2D eigenvalue weighted by atomic mass is 10.1. The van der Waals surface area contributed by atoms with Gasteiger partial charge in [-0.25, -0.2) is 4.79 Å². The van der Waals surface area contributed by atoms with E-state index in [9.17, 15) is 9.90 Å². The fraction of sp³-hybridized carbons (Fsp3) is 0.357. The van der Waals surface area contributed by atoms with Gasteiger partial charge in [-0.15, -0.1) is 0 Å². The molecule has 0 saturated carbocycles. The number of quaternary nitrogens is 1. The number of ether oxygens (including phenoxy) is 1. The molecule has 1 saturated heterocycles. The Balaban J connectivity index is 2.33. The van der Waals surface area contributed by atoms with Crippen LogP contribution >= 0.6 is 0 Å². The molecule has 0 radical (unpaired) electrons. The number of carbonyl (C=O) groups excluding carboxylic acids is 1. The molecule has 0 aromatic heterocycles. The molecule has 0 bridgehead atoms. The molecule has 0 aliphatic carbocycles. The van der Waals surface area contributed by atoms with Crippen molar-refractivity contribution in [2.75, 3.05) is 20.2 Å². The molecule has 2 rings (SSSR count). The molecule has 1 aromatic rings. The lowest BCUT2D eigenvalue weighted by molar-refractivity contribution is -0.888. The van der Waals surface area contributed by atoms with E-state index in [-0.39, 0.29) is 11.5 Å². The molecule has 18 heavy (non-hydrogen) atoms. The minimum atomic E-state index is -0.479. The Kier molecular flexibility index (Phi) is 3.39. The van der Waals surface area contributed by atoms with Crippen molar-refractivity contribution in [1.29, 1.82) is 0 Å². The van der Waals surface area contributed by atoms with Gasteiger partial charge in [0.05, 0.1) is 7.05 Å². The molecule has 1 aliphatic rings. The molecule has 4 heteroatoms. The van der Waals surface area contributed by atoms with Crippen LogP contribution < -0.4 is 5.11 Å². The number of morpholine rings is 1. The number of benzene rings is 1. The second-order valence-electron chi connectivity index (χ2n) is 4.80. The van der Waals surface area contributed by atoms with Crippen LogP contribution in [-0.4, -0.2) is 30.7 Å². The van der Waals surface area contributed by atoms with Gasteiger partial charge in [0.2, 0.25) is 5.70 Å². The molecular weight excluding hydrogens is 230 g/mol. The number of esters is 1. The molecule has 1 atom stereocenters. The van der Waals surface area contributed by atoms with Gasteiger partial charge in [-0.3, -0.25) is 4.48 Å². The van der Waals surface area contributed by atoms with Gasteiger partial charge in [0.25, 0.3) is 0 Å². The number of cyclic esters (lactones) is 1. The average molecular weight is 247 g/mol. The summed E-state index contributed by atoms with van der Waals surface area (Å²) in [5.74, 6) is -0.690. The molecule has 0 amide bonds. The van der Waals surface area contributed by atoms with Crippen molar-refractivity contribution in [1.82, 2.24) is 0 Å². The SMILES string of the molecule is C/C([O-])=C1\C(=O)OCC[N+]1(C)Cc1ccccc1. The van der Waals surface area contributed by atoms with Crippen molar-refractivity contribution in [3.05, 3.63) is 47.4 Å². The van der Waals surface area contributed by atoms with Gasteiger partial charge in [0.15, 0.2) is 0 Å². The Morgan fingerprint density at radius 3 is 2.67 bits per heavy atom. The third-order valence-corrected chi connectivity index (χ3v) is 3.26. The van der Waals surface area contributed by atoms with Crippen LogP contribution in [0.15, 0.2) is 41.8 Å². The van der Waals surface area contributed by atoms with E-state index < -0.39 is 5.97 Å². The van der Waals surface area contributed by atoms with Gasteiger partial charge in [0, 0.05) is 5.56 Å². The van der Waals surface area contributed by atoms with E-state index in [4.69, 9.17) is 4.74 Å². The molecule has 4 nitrogen and oxygen atoms in total. The number of carbonyl (C=O) groups is 1. The molecular formula is C14H17NO3. The molecule has 0 N–H and O–H groups in total. The Hall–Kier alpha value is -1.81. The fourth-order valence-electron chi connectivity index (χ4n) is 2.41. The number of likely N-dealkylation sites (N-methyl/N-ethyl adjacent to an activating group) is 1. The lowest BCUT2D eigenvalue weighted by Crippen LogP contribution is -2.52. The van der Waals surface area contributed by atoms with Gasteiger partial charge in [-0.05, 0) is 6.92 Å². The lowest BCUT2D eigenvalue weighted by Gasteiger charge is -2.39. The first kappa shape index (κ1) is 12.6. The van der Waals surface area contributed by atoms with E-state index in [1.165, 1.54) is 6.92 Å². The summed E-state index contributed by atoms with van der Waals surface area (Å²) < 4.78 is 5.29. The number of nitrogens with zero attached hydrogens (tertiary/aromatic N) is 1. The van der Waals surface area contributed by atoms with Gasteiger partial charge >= 0.3 is 5.97 Å². The van der Waals surface area contributed by atoms with Crippen LogP contribution in [0, 0.1) is 0 Å². The highest BCUT2D eigenvalue weighted by atomic mass is 16.5. The van der Waals surface area contributed by atoms with E-state index in [0.29, 0.717) is 24.2 Å². The zero-order valence-electron chi connectivity index (χ0n) is 10.7. The normalized spacial score (nSPS) is 26.7. The largest absolute Gasteiger partial charge is 0.871 e. The molecule has 1 fully saturated rings. The van der Waals surface area contributed by atoms with Crippen LogP contribution in [0.4, 0.5) is 0 Å². The smallest absolute Gasteiger partial charge is 0.392 e. The maximum Gasteiger partial charge on any atom is 0.392 e. The second kappa shape index (κ2) is 4.82. The van der Waals surface area contributed by atoms with Crippen molar-refractivity contribution in [3.63, 3.8) is 0 Å². The number of rotatable bonds is 2. The van der Waals surface area contributed by atoms with Crippen LogP contribution in [-0.2, 0) is 16.1 Å². The summed E-state index contributed by atoms with van der Waals surface area (Å²) in [5, 5.41) is 11.7. The van der Waals surface area contributed by atoms with Crippen LogP contribution in [0.25, 0.3) is 0 Å². The van der Waals surface area contributed by atoms with Crippen LogP contribution in [0.2, 0.25) is 0 Å². The zero-order chi connectivity index (χ0) is 13.2. The Morgan fingerprint density at radius 2 is 2.06 bits per heavy atom. The van der Waals surface area contributed by atoms with E-state index >= 15 is 0 Å². The Morgan fingerprint density at radius 1 is 1.39 bits per heavy atom. The molecule has 1 aromatic carbocycles. The summed E-state index contributed by atoms with van der Waals surface area (Å²) >= 11 is 0. The number of hydrogen-bond acceptors (Lipinski definition) is 3. The zero-order valence-corrected chi connectivity index (χ0v) is 10.7. The Bertz CT molecular complexity index is 477. The topological polar surface area (TPSA) is 49.4 Å². The van der Waals surface area contributed by atoms with Crippen molar-refractivity contribution >= 4 is 5.97 Å². The molecule has 0 spiro atoms. The van der Waals surface area contributed by atoms with E-state index in [0.717, 1.165) is 5.56 Å².